The Morgan fingerprint density at radius 1 is 1.44 bits per heavy atom. The summed E-state index contributed by atoms with van der Waals surface area (Å²) in [5, 5.41) is 17.8. The second-order valence-corrected chi connectivity index (χ2v) is 4.93. The quantitative estimate of drug-likeness (QED) is 0.468. The molecule has 16 heavy (non-hydrogen) atoms. The minimum absolute atomic E-state index is 0.0534. The van der Waals surface area contributed by atoms with Crippen LogP contribution in [0.1, 0.15) is 6.42 Å². The maximum absolute atomic E-state index is 11.0. The Morgan fingerprint density at radius 2 is 2.00 bits per heavy atom. The molecule has 0 amide bonds. The molecule has 1 fully saturated rings. The first-order chi connectivity index (χ1) is 7.30. The van der Waals surface area contributed by atoms with Gasteiger partial charge in [0.05, 0.1) is 5.92 Å². The van der Waals surface area contributed by atoms with Crippen LogP contribution >= 0.6 is 0 Å². The molecule has 2 aliphatic rings. The van der Waals surface area contributed by atoms with Crippen LogP contribution in [-0.4, -0.2) is 36.5 Å². The molecule has 0 aliphatic heterocycles. The van der Waals surface area contributed by atoms with E-state index in [0.717, 1.165) is 0 Å². The van der Waals surface area contributed by atoms with E-state index in [4.69, 9.17) is 20.5 Å². The summed E-state index contributed by atoms with van der Waals surface area (Å²) < 4.78 is 19.9. The van der Waals surface area contributed by atoms with Crippen molar-refractivity contribution in [2.24, 2.45) is 17.6 Å². The normalized spacial score (nSPS) is 38.1. The van der Waals surface area contributed by atoms with Crippen molar-refractivity contribution in [2.45, 2.75) is 12.0 Å². The van der Waals surface area contributed by atoms with Gasteiger partial charge in [-0.2, -0.15) is 0 Å². The number of carboxylic acids is 2. The largest absolute Gasteiger partial charge is 0.481 e. The van der Waals surface area contributed by atoms with Crippen molar-refractivity contribution >= 4 is 23.0 Å². The lowest BCUT2D eigenvalue weighted by molar-refractivity contribution is -0.145. The third-order valence-corrected chi connectivity index (χ3v) is 3.90. The zero-order chi connectivity index (χ0) is 12.2. The monoisotopic (exact) mass is 247 g/mol. The maximum Gasteiger partial charge on any atom is 0.324 e. The molecule has 0 radical (unpaired) electrons. The molecule has 1 saturated carbocycles. The van der Waals surface area contributed by atoms with Gasteiger partial charge in [-0.1, -0.05) is 0 Å². The van der Waals surface area contributed by atoms with Crippen molar-refractivity contribution in [3.8, 4) is 0 Å². The number of fused-ring (bicyclic) bond motifs is 1. The van der Waals surface area contributed by atoms with Crippen LogP contribution in [0.5, 0.6) is 0 Å². The van der Waals surface area contributed by atoms with Gasteiger partial charge in [-0.15, -0.1) is 0 Å². The average Bonchev–Trinajstić information content (AvgIpc) is 2.81. The first kappa shape index (κ1) is 11.2. The van der Waals surface area contributed by atoms with Gasteiger partial charge in [0.25, 0.3) is 0 Å². The number of hydrogen-bond acceptors (Lipinski definition) is 4. The van der Waals surface area contributed by atoms with Gasteiger partial charge >= 0.3 is 11.9 Å². The van der Waals surface area contributed by atoms with Crippen LogP contribution in [0.2, 0.25) is 0 Å². The van der Waals surface area contributed by atoms with Gasteiger partial charge in [-0.25, -0.2) is 4.21 Å². The van der Waals surface area contributed by atoms with E-state index in [1.165, 1.54) is 0 Å². The van der Waals surface area contributed by atoms with Crippen molar-refractivity contribution in [3.05, 3.63) is 10.5 Å². The molecule has 0 bridgehead atoms. The fourth-order valence-corrected chi connectivity index (χ4v) is 3.13. The van der Waals surface area contributed by atoms with Crippen LogP contribution in [0.3, 0.4) is 0 Å². The van der Waals surface area contributed by atoms with Crippen molar-refractivity contribution in [3.63, 3.8) is 0 Å². The highest BCUT2D eigenvalue weighted by Gasteiger charge is 2.68. The van der Waals surface area contributed by atoms with Gasteiger partial charge in [-0.3, -0.25) is 9.59 Å². The van der Waals surface area contributed by atoms with Gasteiger partial charge in [-0.05, 0) is 5.57 Å². The van der Waals surface area contributed by atoms with Crippen molar-refractivity contribution in [1.82, 2.24) is 0 Å². The Hall–Kier alpha value is -1.25. The number of carboxylic acid groups (broad SMARTS) is 2. The predicted octanol–water partition coefficient (Wildman–Crippen LogP) is -1.02. The zero-order valence-electron chi connectivity index (χ0n) is 7.91. The highest BCUT2D eigenvalue weighted by atomic mass is 32.2. The van der Waals surface area contributed by atoms with Crippen LogP contribution < -0.4 is 5.73 Å². The molecular weight excluding hydrogens is 238 g/mol. The third-order valence-electron chi connectivity index (χ3n) is 3.10. The van der Waals surface area contributed by atoms with Crippen molar-refractivity contribution < 1.29 is 28.6 Å². The van der Waals surface area contributed by atoms with E-state index in [0.29, 0.717) is 0 Å². The average molecular weight is 247 g/mol. The van der Waals surface area contributed by atoms with E-state index < -0.39 is 40.4 Å². The number of aliphatic carboxylic acids is 2. The van der Waals surface area contributed by atoms with E-state index in [-0.39, 0.29) is 16.9 Å². The minimum atomic E-state index is -2.36. The Balaban J connectivity index is 2.43. The lowest BCUT2D eigenvalue weighted by Crippen LogP contribution is -2.50. The Kier molecular flexibility index (Phi) is 2.19. The van der Waals surface area contributed by atoms with Crippen LogP contribution in [0.25, 0.3) is 0 Å². The smallest absolute Gasteiger partial charge is 0.324 e. The molecule has 2 rings (SSSR count). The van der Waals surface area contributed by atoms with Crippen LogP contribution in [0, 0.1) is 11.8 Å². The van der Waals surface area contributed by atoms with E-state index in [9.17, 15) is 13.8 Å². The van der Waals surface area contributed by atoms with E-state index in [1.807, 2.05) is 0 Å². The number of nitrogens with two attached hydrogens (primary N) is 1. The molecule has 0 heterocycles. The molecule has 8 heteroatoms. The molecule has 4 unspecified atom stereocenters. The number of carbonyl (C=O) groups is 2. The van der Waals surface area contributed by atoms with Gasteiger partial charge < -0.3 is 20.5 Å². The number of hydrogen-bond donors (Lipinski definition) is 4. The lowest BCUT2D eigenvalue weighted by atomic mass is 9.92. The summed E-state index contributed by atoms with van der Waals surface area (Å²) in [6.07, 6.45) is -0.269. The Morgan fingerprint density at radius 3 is 2.38 bits per heavy atom. The molecule has 0 aromatic rings. The molecule has 0 aromatic carbocycles. The fourth-order valence-electron chi connectivity index (χ4n) is 2.31. The number of rotatable bonds is 3. The van der Waals surface area contributed by atoms with Gasteiger partial charge in [0, 0.05) is 17.2 Å². The summed E-state index contributed by atoms with van der Waals surface area (Å²) in [5.74, 6) is -4.44. The highest BCUT2D eigenvalue weighted by Crippen LogP contribution is 2.61. The van der Waals surface area contributed by atoms with Gasteiger partial charge in [0.2, 0.25) is 0 Å². The highest BCUT2D eigenvalue weighted by molar-refractivity contribution is 7.83. The minimum Gasteiger partial charge on any atom is -0.481 e. The predicted molar refractivity (Wildman–Crippen MR) is 51.6 cm³/mol. The summed E-state index contributed by atoms with van der Waals surface area (Å²) in [6, 6.07) is 0. The van der Waals surface area contributed by atoms with Crippen molar-refractivity contribution in [2.75, 3.05) is 0 Å². The summed E-state index contributed by atoms with van der Waals surface area (Å²) in [7, 11) is 0. The lowest BCUT2D eigenvalue weighted by Gasteiger charge is -2.21. The van der Waals surface area contributed by atoms with Crippen molar-refractivity contribution in [1.29, 1.82) is 0 Å². The van der Waals surface area contributed by atoms with E-state index in [2.05, 4.69) is 0 Å². The summed E-state index contributed by atoms with van der Waals surface area (Å²) >= 11 is -2.36. The molecule has 0 spiro atoms. The molecule has 7 nitrogen and oxygen atoms in total. The van der Waals surface area contributed by atoms with Gasteiger partial charge in [0.15, 0.2) is 11.1 Å². The second kappa shape index (κ2) is 3.12. The molecule has 0 saturated heterocycles. The van der Waals surface area contributed by atoms with Crippen LogP contribution in [-0.2, 0) is 20.7 Å². The molecule has 4 atom stereocenters. The standard InChI is InChI=1S/C8H9NO6S/c9-8(7(12)13)1-2(16(14)15)3-4(5(3)8)6(10)11/h4-5H,1,9H2,(H,10,11)(H,12,13)(H,14,15). The molecule has 2 aliphatic carbocycles. The Labute approximate surface area is 92.2 Å². The fraction of sp³-hybridized carbons (Fsp3) is 0.500. The molecule has 0 aromatic heterocycles. The summed E-state index contributed by atoms with van der Waals surface area (Å²) in [6.45, 7) is 0. The summed E-state index contributed by atoms with van der Waals surface area (Å²) in [4.78, 5) is 21.7. The van der Waals surface area contributed by atoms with Crippen LogP contribution in [0.15, 0.2) is 10.5 Å². The SMILES string of the molecule is NC1(C(=O)O)CC(S(=O)O)=C2C(C(=O)O)C21. The zero-order valence-corrected chi connectivity index (χ0v) is 8.73. The molecule has 5 N–H and O–H groups in total. The topological polar surface area (TPSA) is 138 Å². The van der Waals surface area contributed by atoms with E-state index in [1.54, 1.807) is 0 Å². The Bertz CT molecular complexity index is 457. The maximum atomic E-state index is 11.0. The second-order valence-electron chi connectivity index (χ2n) is 3.94. The van der Waals surface area contributed by atoms with Gasteiger partial charge in [0.1, 0.15) is 5.54 Å². The van der Waals surface area contributed by atoms with Crippen LogP contribution in [0.4, 0.5) is 0 Å². The molecule has 88 valence electrons. The first-order valence-electron chi connectivity index (χ1n) is 4.39. The summed E-state index contributed by atoms with van der Waals surface area (Å²) in [5.41, 5.74) is 4.04. The third kappa shape index (κ3) is 1.24. The first-order valence-corrected chi connectivity index (χ1v) is 5.50. The molecular formula is C8H9NO6S. The van der Waals surface area contributed by atoms with E-state index >= 15 is 0 Å².